The fraction of sp³-hybridized carbons (Fsp3) is 0.357. The number of thiophene rings is 1. The topological polar surface area (TPSA) is 58.6 Å². The average molecular weight is 279 g/mol. The lowest BCUT2D eigenvalue weighted by Crippen LogP contribution is -2.40. The van der Waals surface area contributed by atoms with Crippen molar-refractivity contribution in [1.82, 2.24) is 5.32 Å². The number of rotatable bonds is 5. The third kappa shape index (κ3) is 2.94. The molecule has 0 aliphatic heterocycles. The molecule has 5 heteroatoms. The Bertz CT molecular complexity index is 579. The van der Waals surface area contributed by atoms with Gasteiger partial charge in [0.15, 0.2) is 0 Å². The number of aliphatic hydroxyl groups is 1. The molecule has 2 aromatic rings. The molecule has 0 spiro atoms. The van der Waals surface area contributed by atoms with Gasteiger partial charge >= 0.3 is 0 Å². The number of benzene rings is 1. The van der Waals surface area contributed by atoms with Gasteiger partial charge in [-0.3, -0.25) is 4.79 Å². The van der Waals surface area contributed by atoms with Crippen LogP contribution in [0.5, 0.6) is 0 Å². The van der Waals surface area contributed by atoms with Crippen molar-refractivity contribution < 1.29 is 14.6 Å². The van der Waals surface area contributed by atoms with Crippen molar-refractivity contribution in [2.24, 2.45) is 0 Å². The van der Waals surface area contributed by atoms with Crippen molar-refractivity contribution in [3.8, 4) is 0 Å². The average Bonchev–Trinajstić information content (AvgIpc) is 2.76. The summed E-state index contributed by atoms with van der Waals surface area (Å²) in [6.07, 6.45) is 0. The first-order valence-electron chi connectivity index (χ1n) is 6.06. The molecular formula is C14H17NO3S. The summed E-state index contributed by atoms with van der Waals surface area (Å²) >= 11 is 1.47. The summed E-state index contributed by atoms with van der Waals surface area (Å²) in [5.74, 6) is -0.158. The minimum atomic E-state index is -0.373. The van der Waals surface area contributed by atoms with E-state index in [0.717, 1.165) is 15.6 Å². The van der Waals surface area contributed by atoms with Crippen LogP contribution in [0.15, 0.2) is 24.3 Å². The molecule has 0 bridgehead atoms. The van der Waals surface area contributed by atoms with Gasteiger partial charge in [0, 0.05) is 11.8 Å². The Morgan fingerprint density at radius 3 is 2.84 bits per heavy atom. The number of hydrogen-bond acceptors (Lipinski definition) is 4. The predicted molar refractivity (Wildman–Crippen MR) is 76.8 cm³/mol. The molecule has 102 valence electrons. The summed E-state index contributed by atoms with van der Waals surface area (Å²) in [5, 5.41) is 13.1. The van der Waals surface area contributed by atoms with E-state index < -0.39 is 0 Å². The van der Waals surface area contributed by atoms with Gasteiger partial charge in [0.25, 0.3) is 5.91 Å². The molecular weight excluding hydrogens is 262 g/mol. The SMILES string of the molecule is COCC(CO)NC(=O)c1sc2ccccc2c1C. The van der Waals surface area contributed by atoms with Crippen LogP contribution in [0.25, 0.3) is 10.1 Å². The Balaban J connectivity index is 2.24. The van der Waals surface area contributed by atoms with E-state index in [9.17, 15) is 9.90 Å². The molecule has 0 radical (unpaired) electrons. The minimum absolute atomic E-state index is 0.135. The standard InChI is InChI=1S/C14H17NO3S/c1-9-11-5-3-4-6-12(11)19-13(9)14(17)15-10(7-16)8-18-2/h3-6,10,16H,7-8H2,1-2H3,(H,15,17). The highest BCUT2D eigenvalue weighted by Crippen LogP contribution is 2.30. The van der Waals surface area contributed by atoms with Gasteiger partial charge in [0.05, 0.1) is 24.1 Å². The largest absolute Gasteiger partial charge is 0.394 e. The van der Waals surface area contributed by atoms with Crippen molar-refractivity contribution in [3.05, 3.63) is 34.7 Å². The lowest BCUT2D eigenvalue weighted by Gasteiger charge is -2.14. The molecule has 1 heterocycles. The highest BCUT2D eigenvalue weighted by Gasteiger charge is 2.18. The van der Waals surface area contributed by atoms with Crippen LogP contribution in [0.3, 0.4) is 0 Å². The third-order valence-electron chi connectivity index (χ3n) is 2.97. The summed E-state index contributed by atoms with van der Waals surface area (Å²) in [5.41, 5.74) is 0.979. The van der Waals surface area contributed by atoms with Gasteiger partial charge in [0.1, 0.15) is 0 Å². The summed E-state index contributed by atoms with van der Waals surface area (Å²) < 4.78 is 6.04. The van der Waals surface area contributed by atoms with Crippen LogP contribution in [0.4, 0.5) is 0 Å². The zero-order valence-electron chi connectivity index (χ0n) is 11.0. The molecule has 2 rings (SSSR count). The number of carbonyl (C=O) groups excluding carboxylic acids is 1. The number of aliphatic hydroxyl groups excluding tert-OH is 1. The van der Waals surface area contributed by atoms with Crippen LogP contribution >= 0.6 is 11.3 Å². The van der Waals surface area contributed by atoms with E-state index in [1.54, 1.807) is 7.11 Å². The fourth-order valence-corrected chi connectivity index (χ4v) is 3.10. The van der Waals surface area contributed by atoms with Crippen molar-refractivity contribution in [1.29, 1.82) is 0 Å². The lowest BCUT2D eigenvalue weighted by molar-refractivity contribution is 0.0843. The van der Waals surface area contributed by atoms with E-state index >= 15 is 0 Å². The Hall–Kier alpha value is -1.43. The van der Waals surface area contributed by atoms with E-state index in [1.807, 2.05) is 31.2 Å². The van der Waals surface area contributed by atoms with E-state index in [-0.39, 0.29) is 18.6 Å². The molecule has 4 nitrogen and oxygen atoms in total. The predicted octanol–water partition coefficient (Wildman–Crippen LogP) is 1.95. The maximum absolute atomic E-state index is 12.2. The summed E-state index contributed by atoms with van der Waals surface area (Å²) in [6.45, 7) is 2.10. The number of fused-ring (bicyclic) bond motifs is 1. The van der Waals surface area contributed by atoms with Crippen molar-refractivity contribution in [2.45, 2.75) is 13.0 Å². The van der Waals surface area contributed by atoms with E-state index in [0.29, 0.717) is 11.5 Å². The number of amides is 1. The van der Waals surface area contributed by atoms with Gasteiger partial charge in [0.2, 0.25) is 0 Å². The molecule has 1 unspecified atom stereocenters. The maximum Gasteiger partial charge on any atom is 0.262 e. The second-order valence-electron chi connectivity index (χ2n) is 4.36. The fourth-order valence-electron chi connectivity index (χ4n) is 1.98. The van der Waals surface area contributed by atoms with Crippen molar-refractivity contribution in [3.63, 3.8) is 0 Å². The van der Waals surface area contributed by atoms with Crippen LogP contribution in [0.2, 0.25) is 0 Å². The number of nitrogens with one attached hydrogen (secondary N) is 1. The Labute approximate surface area is 116 Å². The molecule has 1 aromatic heterocycles. The van der Waals surface area contributed by atoms with Gasteiger partial charge in [-0.25, -0.2) is 0 Å². The van der Waals surface area contributed by atoms with Crippen LogP contribution in [0.1, 0.15) is 15.2 Å². The molecule has 19 heavy (non-hydrogen) atoms. The van der Waals surface area contributed by atoms with E-state index in [1.165, 1.54) is 11.3 Å². The van der Waals surface area contributed by atoms with Gasteiger partial charge < -0.3 is 15.2 Å². The Morgan fingerprint density at radius 2 is 2.21 bits per heavy atom. The monoisotopic (exact) mass is 279 g/mol. The van der Waals surface area contributed by atoms with Gasteiger partial charge in [-0.05, 0) is 23.9 Å². The van der Waals surface area contributed by atoms with Crippen molar-refractivity contribution in [2.75, 3.05) is 20.3 Å². The highest BCUT2D eigenvalue weighted by atomic mass is 32.1. The first-order chi connectivity index (χ1) is 9.17. The minimum Gasteiger partial charge on any atom is -0.394 e. The summed E-state index contributed by atoms with van der Waals surface area (Å²) in [6, 6.07) is 7.56. The van der Waals surface area contributed by atoms with E-state index in [4.69, 9.17) is 4.74 Å². The van der Waals surface area contributed by atoms with Crippen LogP contribution < -0.4 is 5.32 Å². The number of ether oxygens (including phenoxy) is 1. The number of methoxy groups -OCH3 is 1. The molecule has 0 saturated heterocycles. The lowest BCUT2D eigenvalue weighted by atomic mass is 10.1. The summed E-state index contributed by atoms with van der Waals surface area (Å²) in [7, 11) is 1.54. The zero-order chi connectivity index (χ0) is 13.8. The number of carbonyl (C=O) groups is 1. The van der Waals surface area contributed by atoms with Gasteiger partial charge in [-0.1, -0.05) is 18.2 Å². The summed E-state index contributed by atoms with van der Waals surface area (Å²) in [4.78, 5) is 12.9. The molecule has 2 N–H and O–H groups in total. The molecule has 0 aliphatic rings. The van der Waals surface area contributed by atoms with E-state index in [2.05, 4.69) is 5.32 Å². The normalized spacial score (nSPS) is 12.6. The van der Waals surface area contributed by atoms with Crippen LogP contribution in [-0.2, 0) is 4.74 Å². The van der Waals surface area contributed by atoms with Crippen LogP contribution in [0, 0.1) is 6.92 Å². The molecule has 1 atom stereocenters. The number of hydrogen-bond donors (Lipinski definition) is 2. The molecule has 1 aromatic carbocycles. The smallest absolute Gasteiger partial charge is 0.262 e. The first kappa shape index (κ1) is 14.0. The third-order valence-corrected chi connectivity index (χ3v) is 4.24. The Morgan fingerprint density at radius 1 is 1.47 bits per heavy atom. The molecule has 0 saturated carbocycles. The first-order valence-corrected chi connectivity index (χ1v) is 6.87. The second-order valence-corrected chi connectivity index (χ2v) is 5.41. The highest BCUT2D eigenvalue weighted by molar-refractivity contribution is 7.21. The van der Waals surface area contributed by atoms with Crippen molar-refractivity contribution >= 4 is 27.3 Å². The van der Waals surface area contributed by atoms with Crippen LogP contribution in [-0.4, -0.2) is 37.4 Å². The molecule has 0 fully saturated rings. The number of aryl methyl sites for hydroxylation is 1. The Kier molecular flexibility index (Phi) is 4.52. The molecule has 0 aliphatic carbocycles. The quantitative estimate of drug-likeness (QED) is 0.879. The maximum atomic E-state index is 12.2. The van der Waals surface area contributed by atoms with Gasteiger partial charge in [-0.15, -0.1) is 11.3 Å². The second kappa shape index (κ2) is 6.14. The zero-order valence-corrected chi connectivity index (χ0v) is 11.8. The van der Waals surface area contributed by atoms with Gasteiger partial charge in [-0.2, -0.15) is 0 Å². The molecule has 1 amide bonds.